The van der Waals surface area contributed by atoms with Gasteiger partial charge in [-0.3, -0.25) is 9.10 Å². The molecule has 1 aliphatic heterocycles. The number of carbonyl (C=O) groups is 1. The highest BCUT2D eigenvalue weighted by Crippen LogP contribution is 2.33. The van der Waals surface area contributed by atoms with Gasteiger partial charge in [-0.15, -0.1) is 0 Å². The van der Waals surface area contributed by atoms with Gasteiger partial charge in [0.1, 0.15) is 17.2 Å². The summed E-state index contributed by atoms with van der Waals surface area (Å²) < 4.78 is 44.2. The number of anilines is 2. The van der Waals surface area contributed by atoms with Crippen LogP contribution < -0.4 is 9.62 Å². The van der Waals surface area contributed by atoms with Crippen molar-refractivity contribution < 1.29 is 17.6 Å². The molecule has 0 spiro atoms. The minimum absolute atomic E-state index is 0.109. The third kappa shape index (κ3) is 4.05. The van der Waals surface area contributed by atoms with Crippen molar-refractivity contribution in [1.82, 2.24) is 14.8 Å². The Morgan fingerprint density at radius 3 is 2.62 bits per heavy atom. The van der Waals surface area contributed by atoms with Gasteiger partial charge in [0.15, 0.2) is 0 Å². The molecule has 3 heterocycles. The Balaban J connectivity index is 1.25. The predicted molar refractivity (Wildman–Crippen MR) is 141 cm³/mol. The molecule has 0 unspecified atom stereocenters. The molecule has 2 aromatic heterocycles. The normalized spacial score (nSPS) is 13.2. The van der Waals surface area contributed by atoms with Crippen molar-refractivity contribution in [3.8, 4) is 5.13 Å². The number of benzene rings is 3. The lowest BCUT2D eigenvalue weighted by atomic mass is 10.2. The number of fused-ring (bicyclic) bond motifs is 2. The zero-order valence-electron chi connectivity index (χ0n) is 19.6. The zero-order chi connectivity index (χ0) is 25.7. The van der Waals surface area contributed by atoms with Crippen LogP contribution in [-0.2, 0) is 16.4 Å². The highest BCUT2D eigenvalue weighted by Gasteiger charge is 2.30. The first-order valence-electron chi connectivity index (χ1n) is 11.5. The monoisotopic (exact) mass is 533 g/mol. The number of para-hydroxylation sites is 2. The fourth-order valence-corrected chi connectivity index (χ4v) is 6.83. The first-order valence-corrected chi connectivity index (χ1v) is 13.7. The summed E-state index contributed by atoms with van der Waals surface area (Å²) in [5.74, 6) is -0.502. The van der Waals surface area contributed by atoms with Crippen LogP contribution in [0, 0.1) is 12.7 Å². The Labute approximate surface area is 216 Å². The fraction of sp³-hybridized carbons (Fsp3) is 0.115. The smallest absolute Gasteiger partial charge is 0.264 e. The van der Waals surface area contributed by atoms with Gasteiger partial charge in [0.2, 0.25) is 5.13 Å². The van der Waals surface area contributed by atoms with Gasteiger partial charge in [-0.25, -0.2) is 17.8 Å². The maximum atomic E-state index is 14.1. The van der Waals surface area contributed by atoms with Crippen molar-refractivity contribution in [3.63, 3.8) is 0 Å². The quantitative estimate of drug-likeness (QED) is 0.345. The average Bonchev–Trinajstić information content (AvgIpc) is 3.61. The number of aryl methyl sites for hydroxylation is 1. The summed E-state index contributed by atoms with van der Waals surface area (Å²) in [5.41, 5.74) is 2.83. The molecule has 186 valence electrons. The van der Waals surface area contributed by atoms with Crippen molar-refractivity contribution in [2.45, 2.75) is 18.2 Å². The van der Waals surface area contributed by atoms with E-state index in [-0.39, 0.29) is 16.0 Å². The highest BCUT2D eigenvalue weighted by molar-refractivity contribution is 7.92. The van der Waals surface area contributed by atoms with E-state index in [1.54, 1.807) is 31.2 Å². The molecule has 0 atom stereocenters. The molecule has 0 radical (unpaired) electrons. The number of hydrogen-bond donors (Lipinski definition) is 1. The summed E-state index contributed by atoms with van der Waals surface area (Å²) in [7, 11) is -3.76. The molecule has 11 heteroatoms. The third-order valence-electron chi connectivity index (χ3n) is 6.16. The summed E-state index contributed by atoms with van der Waals surface area (Å²) in [6.07, 6.45) is 0.657. The molecule has 1 N–H and O–H groups in total. The number of amides is 1. The van der Waals surface area contributed by atoms with Gasteiger partial charge < -0.3 is 5.32 Å². The molecular formula is C26H20FN5O3S2. The highest BCUT2D eigenvalue weighted by atomic mass is 32.2. The van der Waals surface area contributed by atoms with E-state index in [4.69, 9.17) is 0 Å². The van der Waals surface area contributed by atoms with Gasteiger partial charge in [0.05, 0.1) is 21.0 Å². The SMILES string of the molecule is Cc1cc(NC(=O)c2ccc(S(=O)(=O)N3CCc4ccccc43)cc2)n(-c2nc3c(F)cccc3s2)n1. The van der Waals surface area contributed by atoms with E-state index in [1.807, 2.05) is 18.2 Å². The number of rotatable bonds is 5. The number of thiazole rings is 1. The maximum absolute atomic E-state index is 14.1. The molecule has 6 rings (SSSR count). The maximum Gasteiger partial charge on any atom is 0.264 e. The van der Waals surface area contributed by atoms with Crippen LogP contribution >= 0.6 is 11.3 Å². The summed E-state index contributed by atoms with van der Waals surface area (Å²) in [5, 5.41) is 7.62. The number of aromatic nitrogens is 3. The van der Waals surface area contributed by atoms with Crippen LogP contribution in [-0.4, -0.2) is 35.6 Å². The van der Waals surface area contributed by atoms with Crippen LogP contribution in [0.2, 0.25) is 0 Å². The first kappa shape index (κ1) is 23.3. The topological polar surface area (TPSA) is 97.2 Å². The minimum Gasteiger partial charge on any atom is -0.306 e. The fourth-order valence-electron chi connectivity index (χ4n) is 4.38. The molecule has 0 saturated carbocycles. The van der Waals surface area contributed by atoms with Crippen LogP contribution in [0.1, 0.15) is 21.6 Å². The molecule has 0 aliphatic carbocycles. The van der Waals surface area contributed by atoms with Gasteiger partial charge in [-0.1, -0.05) is 35.6 Å². The molecular weight excluding hydrogens is 513 g/mol. The lowest BCUT2D eigenvalue weighted by Crippen LogP contribution is -2.29. The molecule has 5 aromatic rings. The number of carbonyl (C=O) groups excluding carboxylic acids is 1. The molecule has 0 fully saturated rings. The van der Waals surface area contributed by atoms with Crippen molar-refractivity contribution in [2.24, 2.45) is 0 Å². The molecule has 1 aliphatic rings. The summed E-state index contributed by atoms with van der Waals surface area (Å²) >= 11 is 1.25. The van der Waals surface area contributed by atoms with E-state index < -0.39 is 21.7 Å². The Bertz CT molecular complexity index is 1780. The van der Waals surface area contributed by atoms with Gasteiger partial charge >= 0.3 is 0 Å². The predicted octanol–water partition coefficient (Wildman–Crippen LogP) is 4.93. The van der Waals surface area contributed by atoms with E-state index in [1.165, 1.54) is 50.7 Å². The van der Waals surface area contributed by atoms with Gasteiger partial charge in [-0.2, -0.15) is 9.78 Å². The molecule has 1 amide bonds. The van der Waals surface area contributed by atoms with Gasteiger partial charge in [0, 0.05) is 18.2 Å². The Morgan fingerprint density at radius 2 is 1.84 bits per heavy atom. The number of halogens is 1. The number of nitrogens with zero attached hydrogens (tertiary/aromatic N) is 4. The Kier molecular flexibility index (Phi) is 5.54. The molecule has 8 nitrogen and oxygen atoms in total. The van der Waals surface area contributed by atoms with Crippen molar-refractivity contribution in [2.75, 3.05) is 16.2 Å². The Morgan fingerprint density at radius 1 is 1.05 bits per heavy atom. The summed E-state index contributed by atoms with van der Waals surface area (Å²) in [6.45, 7) is 2.15. The zero-order valence-corrected chi connectivity index (χ0v) is 21.2. The number of nitrogens with one attached hydrogen (secondary N) is 1. The lowest BCUT2D eigenvalue weighted by molar-refractivity contribution is 0.102. The average molecular weight is 534 g/mol. The van der Waals surface area contributed by atoms with Crippen LogP contribution in [0.3, 0.4) is 0 Å². The second-order valence-electron chi connectivity index (χ2n) is 8.60. The van der Waals surface area contributed by atoms with Crippen LogP contribution in [0.4, 0.5) is 15.9 Å². The second-order valence-corrected chi connectivity index (χ2v) is 11.5. The Hall–Kier alpha value is -4.09. The molecule has 0 bridgehead atoms. The van der Waals surface area contributed by atoms with E-state index in [9.17, 15) is 17.6 Å². The van der Waals surface area contributed by atoms with E-state index in [2.05, 4.69) is 15.4 Å². The third-order valence-corrected chi connectivity index (χ3v) is 8.99. The van der Waals surface area contributed by atoms with E-state index >= 15 is 0 Å². The minimum atomic E-state index is -3.76. The molecule has 0 saturated heterocycles. The standard InChI is InChI=1S/C26H20FN5O3S2/c1-16-15-23(32(30-16)26-29-24-20(27)6-4-8-22(24)36-26)28-25(33)18-9-11-19(12-10-18)37(34,35)31-14-13-17-5-2-3-7-21(17)31/h2-12,15H,13-14H2,1H3,(H,28,33). The van der Waals surface area contributed by atoms with E-state index in [0.717, 1.165) is 5.56 Å². The van der Waals surface area contributed by atoms with Gasteiger partial charge in [-0.05, 0) is 61.4 Å². The van der Waals surface area contributed by atoms with Gasteiger partial charge in [0.25, 0.3) is 15.9 Å². The molecule has 37 heavy (non-hydrogen) atoms. The van der Waals surface area contributed by atoms with Crippen LogP contribution in [0.25, 0.3) is 15.3 Å². The summed E-state index contributed by atoms with van der Waals surface area (Å²) in [4.78, 5) is 17.5. The van der Waals surface area contributed by atoms with Crippen molar-refractivity contribution >= 4 is 49.0 Å². The van der Waals surface area contributed by atoms with Crippen molar-refractivity contribution in [1.29, 1.82) is 0 Å². The largest absolute Gasteiger partial charge is 0.306 e. The first-order chi connectivity index (χ1) is 17.8. The van der Waals surface area contributed by atoms with Crippen LogP contribution in [0.5, 0.6) is 0 Å². The molecule has 3 aromatic carbocycles. The number of sulfonamides is 1. The summed E-state index contributed by atoms with van der Waals surface area (Å²) in [6, 6.07) is 19.7. The van der Waals surface area contributed by atoms with E-state index in [0.29, 0.717) is 40.0 Å². The second kappa shape index (κ2) is 8.79. The lowest BCUT2D eigenvalue weighted by Gasteiger charge is -2.19. The van der Waals surface area contributed by atoms with Crippen LogP contribution in [0.15, 0.2) is 77.7 Å². The van der Waals surface area contributed by atoms with Crippen molar-refractivity contribution in [3.05, 3.63) is 95.4 Å². The number of hydrogen-bond acceptors (Lipinski definition) is 6.